The third kappa shape index (κ3) is 64.7. The Morgan fingerprint density at radius 1 is 0.414 bits per heavy atom. The standard InChI is InChI=1S/C54H109N7O4S.3C2HF3O2/c1-3-5-7-9-11-13-15-17-19-21-23-25-27-29-31-33-44-61(45-34-32-30-28-26-24-22-20-18-16-14-12-10-8-6-4-2)52(63)37-46-66-48-50(54(65)60-43-40-57)47-49(53(64)59-42-39-56)35-36-51(62)58-41-38-55;3*3-2(4,5)1(6)7/h49-50H,3-48,55-57H2,1-2H3,(H,58,62)(H,59,64)(H,60,65);3*(H,6,7). The summed E-state index contributed by atoms with van der Waals surface area (Å²) in [5.74, 6) is -8.88. The van der Waals surface area contributed by atoms with E-state index in [1.807, 2.05) is 0 Å². The van der Waals surface area contributed by atoms with Gasteiger partial charge in [-0.1, -0.05) is 206 Å². The highest BCUT2D eigenvalue weighted by Gasteiger charge is 2.31. The van der Waals surface area contributed by atoms with Gasteiger partial charge in [0.05, 0.1) is 39.3 Å². The fraction of sp³-hybridized carbons (Fsp3) is 0.883. The van der Waals surface area contributed by atoms with Crippen LogP contribution in [-0.4, -0.2) is 129 Å². The quantitative estimate of drug-likeness (QED) is 0.0271. The molecule has 0 radical (unpaired) electrons. The Morgan fingerprint density at radius 2 is 0.678 bits per heavy atom. The van der Waals surface area contributed by atoms with Gasteiger partial charge in [0.2, 0.25) is 23.6 Å². The molecular formula is C60H112F9N7O10S. The van der Waals surface area contributed by atoms with Gasteiger partial charge in [-0.2, -0.15) is 51.3 Å². The highest BCUT2D eigenvalue weighted by molar-refractivity contribution is 7.99. The van der Waals surface area contributed by atoms with Crippen LogP contribution in [0.4, 0.5) is 39.5 Å². The van der Waals surface area contributed by atoms with Gasteiger partial charge >= 0.3 is 18.5 Å². The van der Waals surface area contributed by atoms with E-state index in [1.165, 1.54) is 193 Å². The molecule has 0 aromatic rings. The fourth-order valence-corrected chi connectivity index (χ4v) is 9.95. The number of nitrogens with zero attached hydrogens (tertiary/aromatic N) is 1. The van der Waals surface area contributed by atoms with Gasteiger partial charge in [-0.15, -0.1) is 0 Å². The Bertz CT molecular complexity index is 1620. The average Bonchev–Trinajstić information content (AvgIpc) is 3.51. The number of carbonyl (C=O) groups is 7. The maximum absolute atomic E-state index is 13.8. The Balaban J connectivity index is -0.00000138. The van der Waals surface area contributed by atoms with Crippen molar-refractivity contribution in [2.45, 2.75) is 264 Å². The van der Waals surface area contributed by atoms with Crippen LogP contribution in [-0.2, 0) is 33.6 Å². The molecule has 17 nitrogen and oxygen atoms in total. The van der Waals surface area contributed by atoms with E-state index < -0.39 is 48.3 Å². The molecule has 0 aliphatic rings. The van der Waals surface area contributed by atoms with Crippen molar-refractivity contribution < 1.29 is 106 Å². The van der Waals surface area contributed by atoms with Crippen LogP contribution in [0.3, 0.4) is 0 Å². The Hall–Kier alpha value is -4.11. The van der Waals surface area contributed by atoms with Crippen LogP contribution in [0.15, 0.2) is 0 Å². The van der Waals surface area contributed by atoms with Gasteiger partial charge in [0.15, 0.2) is 0 Å². The van der Waals surface area contributed by atoms with Crippen molar-refractivity contribution in [1.82, 2.24) is 20.9 Å². The van der Waals surface area contributed by atoms with Crippen LogP contribution in [0, 0.1) is 11.8 Å². The number of thioether (sulfide) groups is 1. The van der Waals surface area contributed by atoms with E-state index >= 15 is 0 Å². The van der Waals surface area contributed by atoms with Crippen molar-refractivity contribution >= 4 is 53.3 Å². The third-order valence-electron chi connectivity index (χ3n) is 13.9. The lowest BCUT2D eigenvalue weighted by Gasteiger charge is -2.24. The van der Waals surface area contributed by atoms with Crippen molar-refractivity contribution in [3.05, 3.63) is 0 Å². The molecule has 87 heavy (non-hydrogen) atoms. The molecule has 0 aliphatic heterocycles. The first kappa shape index (κ1) is 89.3. The molecular weight excluding hydrogens is 1180 g/mol. The van der Waals surface area contributed by atoms with Crippen molar-refractivity contribution in [1.29, 1.82) is 0 Å². The molecule has 0 bridgehead atoms. The lowest BCUT2D eigenvalue weighted by atomic mass is 9.90. The first-order chi connectivity index (χ1) is 41.2. The van der Waals surface area contributed by atoms with Crippen molar-refractivity contribution in [2.75, 3.05) is 63.9 Å². The van der Waals surface area contributed by atoms with Gasteiger partial charge in [0, 0.05) is 49.3 Å². The molecule has 516 valence electrons. The van der Waals surface area contributed by atoms with E-state index in [1.54, 1.807) is 11.8 Å². The molecule has 12 N–H and O–H groups in total. The second-order valence-corrected chi connectivity index (χ2v) is 23.0. The molecule has 0 rings (SSSR count). The molecule has 0 saturated heterocycles. The van der Waals surface area contributed by atoms with Crippen molar-refractivity contribution in [3.63, 3.8) is 0 Å². The van der Waals surface area contributed by atoms with E-state index in [-0.39, 0.29) is 30.0 Å². The maximum Gasteiger partial charge on any atom is 0.430 e. The minimum absolute atomic E-state index is 0.0948. The molecule has 0 fully saturated rings. The zero-order valence-corrected chi connectivity index (χ0v) is 53.5. The number of carboxylic acid groups (broad SMARTS) is 3. The zero-order valence-electron chi connectivity index (χ0n) is 52.6. The normalized spacial score (nSPS) is 12.0. The number of amides is 4. The number of nitrogens with one attached hydrogen (secondary N) is 3. The lowest BCUT2D eigenvalue weighted by molar-refractivity contribution is -0.365. The number of aliphatic carboxylic acids is 3. The summed E-state index contributed by atoms with van der Waals surface area (Å²) in [4.78, 5) is 81.3. The summed E-state index contributed by atoms with van der Waals surface area (Å²) in [6, 6.07) is 0. The summed E-state index contributed by atoms with van der Waals surface area (Å²) in [5, 5.41) is 35.1. The van der Waals surface area contributed by atoms with Crippen LogP contribution >= 0.6 is 11.8 Å². The highest BCUT2D eigenvalue weighted by Crippen LogP contribution is 2.24. The van der Waals surface area contributed by atoms with Gasteiger partial charge in [0.25, 0.3) is 0 Å². The van der Waals surface area contributed by atoms with Crippen molar-refractivity contribution in [2.24, 2.45) is 11.8 Å². The zero-order chi connectivity index (χ0) is 66.6. The minimum Gasteiger partial charge on any atom is -0.542 e. The van der Waals surface area contributed by atoms with Crippen LogP contribution in [0.2, 0.25) is 0 Å². The van der Waals surface area contributed by atoms with E-state index in [4.69, 9.17) is 29.7 Å². The molecule has 0 spiro atoms. The topological polar surface area (TPSA) is 311 Å². The van der Waals surface area contributed by atoms with Gasteiger partial charge < -0.3 is 67.8 Å². The smallest absolute Gasteiger partial charge is 0.430 e. The molecule has 0 aliphatic carbocycles. The van der Waals surface area contributed by atoms with Gasteiger partial charge in [0.1, 0.15) is 17.9 Å². The minimum atomic E-state index is -5.19. The average molecular weight is 1290 g/mol. The SMILES string of the molecule is CCCCCCCCCCCCCCCCCCN(CCCCCCCCCCCCCCCCCC)C(=O)CCSCC(CC(CCC(=O)NCC[NH3+])C(=O)NCC[NH3+])C(=O)NCC[NH3+].O=C([O-])C(F)(F)F.O=C([O-])C(F)(F)F.O=C([O-])C(F)(F)F. The van der Waals surface area contributed by atoms with Gasteiger partial charge in [-0.3, -0.25) is 19.2 Å². The predicted octanol–water partition coefficient (Wildman–Crippen LogP) is 6.83. The number of unbranched alkanes of at least 4 members (excludes halogenated alkanes) is 30. The number of rotatable bonds is 52. The summed E-state index contributed by atoms with van der Waals surface area (Å²) in [6.45, 7) is 9.41. The molecule has 27 heteroatoms. The molecule has 0 aromatic carbocycles. The number of quaternary nitrogens is 3. The number of hydrogen-bond acceptors (Lipinski definition) is 11. The number of hydrogen-bond donors (Lipinski definition) is 6. The Labute approximate surface area is 517 Å². The first-order valence-electron chi connectivity index (χ1n) is 32.1. The van der Waals surface area contributed by atoms with Crippen LogP contribution in [0.25, 0.3) is 0 Å². The summed E-state index contributed by atoms with van der Waals surface area (Å²) < 4.78 is 94.6. The first-order valence-corrected chi connectivity index (χ1v) is 33.2. The fourth-order valence-electron chi connectivity index (χ4n) is 8.89. The molecule has 0 aromatic heterocycles. The number of carbonyl (C=O) groups excluding carboxylic acids is 7. The Kier molecular flexibility index (Phi) is 62.4. The number of alkyl halides is 9. The van der Waals surface area contributed by atoms with E-state index in [0.29, 0.717) is 70.0 Å². The van der Waals surface area contributed by atoms with Crippen LogP contribution in [0.5, 0.6) is 0 Å². The van der Waals surface area contributed by atoms with Crippen LogP contribution in [0.1, 0.15) is 245 Å². The summed E-state index contributed by atoms with van der Waals surface area (Å²) in [5.41, 5.74) is 11.5. The maximum atomic E-state index is 13.8. The second kappa shape index (κ2) is 60.8. The number of carboxylic acids is 3. The molecule has 0 saturated carbocycles. The summed E-state index contributed by atoms with van der Waals surface area (Å²) in [7, 11) is 0. The van der Waals surface area contributed by atoms with Gasteiger partial charge in [-0.25, -0.2) is 0 Å². The summed E-state index contributed by atoms with van der Waals surface area (Å²) in [6.07, 6.45) is 28.7. The van der Waals surface area contributed by atoms with Crippen LogP contribution < -0.4 is 48.5 Å². The summed E-state index contributed by atoms with van der Waals surface area (Å²) >= 11 is 1.62. The lowest BCUT2D eigenvalue weighted by Crippen LogP contribution is -2.55. The largest absolute Gasteiger partial charge is 0.542 e. The van der Waals surface area contributed by atoms with Crippen molar-refractivity contribution in [3.8, 4) is 0 Å². The molecule has 0 heterocycles. The monoisotopic (exact) mass is 1290 g/mol. The predicted molar refractivity (Wildman–Crippen MR) is 314 cm³/mol. The molecule has 2 unspecified atom stereocenters. The Morgan fingerprint density at radius 3 is 0.954 bits per heavy atom. The highest BCUT2D eigenvalue weighted by atomic mass is 32.2. The molecule has 2 atom stereocenters. The molecule has 4 amide bonds. The van der Waals surface area contributed by atoms with E-state index in [2.05, 4.69) is 51.9 Å². The van der Waals surface area contributed by atoms with E-state index in [9.17, 15) is 58.7 Å². The number of halogens is 9. The van der Waals surface area contributed by atoms with Gasteiger partial charge in [-0.05, 0) is 25.7 Å². The second-order valence-electron chi connectivity index (χ2n) is 21.8. The third-order valence-corrected chi connectivity index (χ3v) is 15.0. The van der Waals surface area contributed by atoms with E-state index in [0.717, 1.165) is 25.9 Å².